The molecule has 0 aromatic heterocycles. The minimum absolute atomic E-state index is 0.00629. The van der Waals surface area contributed by atoms with Gasteiger partial charge < -0.3 is 4.90 Å². The molecule has 1 fully saturated rings. The average Bonchev–Trinajstić information content (AvgIpc) is 2.54. The summed E-state index contributed by atoms with van der Waals surface area (Å²) < 4.78 is 0. The van der Waals surface area contributed by atoms with Crippen LogP contribution in [-0.2, 0) is 4.79 Å². The molecule has 4 heteroatoms. The summed E-state index contributed by atoms with van der Waals surface area (Å²) in [4.78, 5) is 16.1. The van der Waals surface area contributed by atoms with Crippen molar-refractivity contribution in [2.24, 2.45) is 0 Å². The van der Waals surface area contributed by atoms with Crippen LogP contribution in [0.25, 0.3) is 0 Å². The second-order valence-electron chi connectivity index (χ2n) is 6.30. The molecule has 0 spiro atoms. The van der Waals surface area contributed by atoms with E-state index in [0.29, 0.717) is 19.0 Å². The summed E-state index contributed by atoms with van der Waals surface area (Å²) in [6.07, 6.45) is 9.51. The SMILES string of the molecule is C=CC(=O)N1CCN(C(C)CCCCCCC)C[C@@H]1CC#N. The maximum atomic E-state index is 11.9. The molecule has 0 aromatic rings. The number of nitrogens with zero attached hydrogens (tertiary/aromatic N) is 3. The first-order valence-electron chi connectivity index (χ1n) is 8.68. The molecule has 1 aliphatic heterocycles. The van der Waals surface area contributed by atoms with Gasteiger partial charge >= 0.3 is 0 Å². The van der Waals surface area contributed by atoms with E-state index < -0.39 is 0 Å². The molecule has 0 saturated carbocycles. The van der Waals surface area contributed by atoms with Crippen molar-refractivity contribution < 1.29 is 4.79 Å². The van der Waals surface area contributed by atoms with Crippen molar-refractivity contribution in [3.05, 3.63) is 12.7 Å². The molecule has 1 rings (SSSR count). The Hall–Kier alpha value is -1.34. The van der Waals surface area contributed by atoms with Crippen molar-refractivity contribution in [1.29, 1.82) is 5.26 Å². The van der Waals surface area contributed by atoms with Crippen molar-refractivity contribution in [2.75, 3.05) is 19.6 Å². The van der Waals surface area contributed by atoms with Crippen molar-refractivity contribution in [3.8, 4) is 6.07 Å². The lowest BCUT2D eigenvalue weighted by Crippen LogP contribution is -2.56. The molecule has 1 saturated heterocycles. The standard InChI is InChI=1S/C18H31N3O/c1-4-6-7-8-9-10-16(3)20-13-14-21(18(22)5-2)17(15-20)11-12-19/h5,16-17H,2,4,6-11,13-15H2,1,3H3/t16?,17-/m0/s1. The van der Waals surface area contributed by atoms with Crippen molar-refractivity contribution in [1.82, 2.24) is 9.80 Å². The van der Waals surface area contributed by atoms with E-state index in [2.05, 4.69) is 31.4 Å². The third-order valence-electron chi connectivity index (χ3n) is 4.65. The lowest BCUT2D eigenvalue weighted by Gasteiger charge is -2.42. The largest absolute Gasteiger partial charge is 0.333 e. The topological polar surface area (TPSA) is 47.3 Å². The minimum atomic E-state index is -0.0490. The van der Waals surface area contributed by atoms with Gasteiger partial charge in [0.05, 0.1) is 18.5 Å². The van der Waals surface area contributed by atoms with Crippen LogP contribution < -0.4 is 0 Å². The zero-order valence-corrected chi connectivity index (χ0v) is 14.3. The molecular formula is C18H31N3O. The fraction of sp³-hybridized carbons (Fsp3) is 0.778. The zero-order valence-electron chi connectivity index (χ0n) is 14.3. The van der Waals surface area contributed by atoms with Crippen LogP contribution in [0.1, 0.15) is 58.8 Å². The Labute approximate surface area is 135 Å². The summed E-state index contributed by atoms with van der Waals surface area (Å²) in [5.41, 5.74) is 0. The summed E-state index contributed by atoms with van der Waals surface area (Å²) in [6.45, 7) is 10.5. The van der Waals surface area contributed by atoms with Crippen LogP contribution in [0.5, 0.6) is 0 Å². The van der Waals surface area contributed by atoms with Gasteiger partial charge in [-0.2, -0.15) is 5.26 Å². The molecule has 0 radical (unpaired) electrons. The van der Waals surface area contributed by atoms with E-state index in [4.69, 9.17) is 5.26 Å². The van der Waals surface area contributed by atoms with E-state index in [1.807, 2.05) is 0 Å². The maximum Gasteiger partial charge on any atom is 0.246 e. The highest BCUT2D eigenvalue weighted by Crippen LogP contribution is 2.18. The Morgan fingerprint density at radius 2 is 2.09 bits per heavy atom. The van der Waals surface area contributed by atoms with Crippen molar-refractivity contribution in [2.45, 2.75) is 70.9 Å². The van der Waals surface area contributed by atoms with Gasteiger partial charge in [0.25, 0.3) is 0 Å². The Morgan fingerprint density at radius 3 is 2.73 bits per heavy atom. The summed E-state index contributed by atoms with van der Waals surface area (Å²) in [6, 6.07) is 2.75. The molecule has 1 amide bonds. The molecule has 1 unspecified atom stereocenters. The number of hydrogen-bond acceptors (Lipinski definition) is 3. The number of unbranched alkanes of at least 4 members (excludes halogenated alkanes) is 4. The highest BCUT2D eigenvalue weighted by atomic mass is 16.2. The number of carbonyl (C=O) groups excluding carboxylic acids is 1. The van der Waals surface area contributed by atoms with Gasteiger partial charge in [-0.3, -0.25) is 9.69 Å². The number of amides is 1. The van der Waals surface area contributed by atoms with E-state index in [0.717, 1.165) is 13.1 Å². The van der Waals surface area contributed by atoms with Gasteiger partial charge in [-0.15, -0.1) is 0 Å². The number of hydrogen-bond donors (Lipinski definition) is 0. The zero-order chi connectivity index (χ0) is 16.4. The third-order valence-corrected chi connectivity index (χ3v) is 4.65. The molecule has 0 bridgehead atoms. The summed E-state index contributed by atoms with van der Waals surface area (Å²) in [7, 11) is 0. The number of rotatable bonds is 9. The van der Waals surface area contributed by atoms with E-state index in [-0.39, 0.29) is 11.9 Å². The quantitative estimate of drug-likeness (QED) is 0.485. The molecule has 4 nitrogen and oxygen atoms in total. The van der Waals surface area contributed by atoms with E-state index in [1.54, 1.807) is 4.90 Å². The third kappa shape index (κ3) is 5.81. The predicted molar refractivity (Wildman–Crippen MR) is 90.3 cm³/mol. The van der Waals surface area contributed by atoms with Crippen molar-refractivity contribution >= 4 is 5.91 Å². The van der Waals surface area contributed by atoms with Gasteiger partial charge in [0.2, 0.25) is 5.91 Å². The molecule has 1 aliphatic rings. The van der Waals surface area contributed by atoms with Gasteiger partial charge in [0, 0.05) is 25.7 Å². The molecule has 22 heavy (non-hydrogen) atoms. The molecule has 2 atom stereocenters. The van der Waals surface area contributed by atoms with Crippen LogP contribution in [0.4, 0.5) is 0 Å². The molecule has 1 heterocycles. The summed E-state index contributed by atoms with van der Waals surface area (Å²) in [5.74, 6) is -0.0490. The minimum Gasteiger partial charge on any atom is -0.333 e. The highest BCUT2D eigenvalue weighted by molar-refractivity contribution is 5.87. The maximum absolute atomic E-state index is 11.9. The Balaban J connectivity index is 2.44. The fourth-order valence-corrected chi connectivity index (χ4v) is 3.19. The Kier molecular flexibility index (Phi) is 8.84. The molecule has 0 N–H and O–H groups in total. The van der Waals surface area contributed by atoms with E-state index in [9.17, 15) is 4.79 Å². The predicted octanol–water partition coefficient (Wildman–Crippen LogP) is 3.35. The average molecular weight is 305 g/mol. The lowest BCUT2D eigenvalue weighted by atomic mass is 10.0. The van der Waals surface area contributed by atoms with Crippen LogP contribution in [0.3, 0.4) is 0 Å². The molecule has 124 valence electrons. The smallest absolute Gasteiger partial charge is 0.246 e. The second-order valence-corrected chi connectivity index (χ2v) is 6.30. The molecule has 0 aromatic carbocycles. The first kappa shape index (κ1) is 18.7. The summed E-state index contributed by atoms with van der Waals surface area (Å²) in [5, 5.41) is 9.01. The first-order chi connectivity index (χ1) is 10.6. The Morgan fingerprint density at radius 1 is 1.36 bits per heavy atom. The van der Waals surface area contributed by atoms with Gasteiger partial charge in [-0.1, -0.05) is 45.6 Å². The van der Waals surface area contributed by atoms with Gasteiger partial charge in [-0.25, -0.2) is 0 Å². The highest BCUT2D eigenvalue weighted by Gasteiger charge is 2.30. The summed E-state index contributed by atoms with van der Waals surface area (Å²) >= 11 is 0. The number of piperazine rings is 1. The Bertz CT molecular complexity index is 388. The van der Waals surface area contributed by atoms with Gasteiger partial charge in [-0.05, 0) is 19.4 Å². The van der Waals surface area contributed by atoms with Crippen LogP contribution in [-0.4, -0.2) is 47.4 Å². The number of carbonyl (C=O) groups is 1. The molecule has 0 aliphatic carbocycles. The fourth-order valence-electron chi connectivity index (χ4n) is 3.19. The van der Waals surface area contributed by atoms with Crippen LogP contribution in [0.2, 0.25) is 0 Å². The number of nitriles is 1. The van der Waals surface area contributed by atoms with Crippen LogP contribution >= 0.6 is 0 Å². The normalized spacial score (nSPS) is 20.4. The molecular weight excluding hydrogens is 274 g/mol. The first-order valence-corrected chi connectivity index (χ1v) is 8.68. The van der Waals surface area contributed by atoms with Crippen LogP contribution in [0.15, 0.2) is 12.7 Å². The van der Waals surface area contributed by atoms with Gasteiger partial charge in [0.1, 0.15) is 0 Å². The van der Waals surface area contributed by atoms with Crippen molar-refractivity contribution in [3.63, 3.8) is 0 Å². The van der Waals surface area contributed by atoms with E-state index >= 15 is 0 Å². The van der Waals surface area contributed by atoms with Gasteiger partial charge in [0.15, 0.2) is 0 Å². The lowest BCUT2D eigenvalue weighted by molar-refractivity contribution is -0.131. The van der Waals surface area contributed by atoms with Crippen LogP contribution in [0, 0.1) is 11.3 Å². The van der Waals surface area contributed by atoms with E-state index in [1.165, 1.54) is 44.6 Å². The second kappa shape index (κ2) is 10.4. The monoisotopic (exact) mass is 305 g/mol.